The first-order valence-electron chi connectivity index (χ1n) is 6.86. The van der Waals surface area contributed by atoms with Gasteiger partial charge in [0.25, 0.3) is 0 Å². The van der Waals surface area contributed by atoms with E-state index < -0.39 is 17.8 Å². The fourth-order valence-electron chi connectivity index (χ4n) is 2.31. The number of amides is 2. The predicted octanol–water partition coefficient (Wildman–Crippen LogP) is 1.74. The highest BCUT2D eigenvalue weighted by Crippen LogP contribution is 2.17. The number of carboxylic acid groups (broad SMARTS) is 1. The van der Waals surface area contributed by atoms with Crippen molar-refractivity contribution in [1.29, 1.82) is 0 Å². The summed E-state index contributed by atoms with van der Waals surface area (Å²) in [5.74, 6) is -1.82. The molecule has 1 saturated heterocycles. The summed E-state index contributed by atoms with van der Waals surface area (Å²) in [6, 6.07) is 2.61. The van der Waals surface area contributed by atoms with E-state index in [1.807, 2.05) is 0 Å². The number of halogens is 1. The minimum atomic E-state index is -1.22. The number of rotatable bonds is 5. The number of benzene rings is 1. The summed E-state index contributed by atoms with van der Waals surface area (Å²) >= 11 is 0. The maximum absolute atomic E-state index is 13.1. The normalized spacial score (nSPS) is 14.9. The van der Waals surface area contributed by atoms with Gasteiger partial charge >= 0.3 is 12.0 Å². The number of aromatic carboxylic acids is 1. The van der Waals surface area contributed by atoms with E-state index in [-0.39, 0.29) is 11.3 Å². The third-order valence-corrected chi connectivity index (χ3v) is 3.37. The number of carboxylic acids is 1. The molecule has 2 rings (SSSR count). The summed E-state index contributed by atoms with van der Waals surface area (Å²) in [6.07, 6.45) is 2.36. The SMILES string of the molecule is O=C(NCCN1CCCC1)Nc1cc(F)ccc1C(=O)O. The summed E-state index contributed by atoms with van der Waals surface area (Å²) in [4.78, 5) is 25.0. The molecule has 1 heterocycles. The van der Waals surface area contributed by atoms with Crippen molar-refractivity contribution in [3.05, 3.63) is 29.6 Å². The van der Waals surface area contributed by atoms with E-state index in [4.69, 9.17) is 5.11 Å². The Bertz CT molecular complexity index is 530. The number of nitrogens with zero attached hydrogens (tertiary/aromatic N) is 1. The first-order chi connectivity index (χ1) is 10.1. The number of likely N-dealkylation sites (tertiary alicyclic amines) is 1. The smallest absolute Gasteiger partial charge is 0.337 e. The predicted molar refractivity (Wildman–Crippen MR) is 76.1 cm³/mol. The Hall–Kier alpha value is -2.15. The quantitative estimate of drug-likeness (QED) is 0.773. The largest absolute Gasteiger partial charge is 0.478 e. The molecule has 1 aliphatic heterocycles. The maximum atomic E-state index is 13.1. The average Bonchev–Trinajstić information content (AvgIpc) is 2.91. The molecule has 6 nitrogen and oxygen atoms in total. The van der Waals surface area contributed by atoms with Crippen molar-refractivity contribution in [3.63, 3.8) is 0 Å². The van der Waals surface area contributed by atoms with Gasteiger partial charge < -0.3 is 20.6 Å². The van der Waals surface area contributed by atoms with Crippen molar-refractivity contribution < 1.29 is 19.1 Å². The van der Waals surface area contributed by atoms with E-state index in [2.05, 4.69) is 15.5 Å². The molecule has 0 bridgehead atoms. The van der Waals surface area contributed by atoms with Crippen LogP contribution in [0, 0.1) is 5.82 Å². The van der Waals surface area contributed by atoms with Gasteiger partial charge in [-0.25, -0.2) is 14.0 Å². The molecule has 21 heavy (non-hydrogen) atoms. The summed E-state index contributed by atoms with van der Waals surface area (Å²) in [7, 11) is 0. The summed E-state index contributed by atoms with van der Waals surface area (Å²) in [6.45, 7) is 3.29. The number of urea groups is 1. The van der Waals surface area contributed by atoms with Crippen molar-refractivity contribution in [2.24, 2.45) is 0 Å². The molecule has 0 spiro atoms. The minimum Gasteiger partial charge on any atom is -0.478 e. The van der Waals surface area contributed by atoms with Gasteiger partial charge in [-0.3, -0.25) is 0 Å². The Morgan fingerprint density at radius 1 is 1.29 bits per heavy atom. The Morgan fingerprint density at radius 2 is 2.00 bits per heavy atom. The lowest BCUT2D eigenvalue weighted by Crippen LogP contribution is -2.36. The molecule has 0 atom stereocenters. The van der Waals surface area contributed by atoms with Gasteiger partial charge in [-0.05, 0) is 44.1 Å². The molecule has 3 N–H and O–H groups in total. The van der Waals surface area contributed by atoms with E-state index >= 15 is 0 Å². The Labute approximate surface area is 121 Å². The lowest BCUT2D eigenvalue weighted by atomic mass is 10.2. The van der Waals surface area contributed by atoms with Crippen LogP contribution in [-0.4, -0.2) is 48.2 Å². The van der Waals surface area contributed by atoms with Gasteiger partial charge in [0.2, 0.25) is 0 Å². The van der Waals surface area contributed by atoms with Gasteiger partial charge in [-0.2, -0.15) is 0 Å². The van der Waals surface area contributed by atoms with Crippen LogP contribution in [0.4, 0.5) is 14.9 Å². The van der Waals surface area contributed by atoms with Crippen LogP contribution in [0.1, 0.15) is 23.2 Å². The molecule has 2 amide bonds. The molecule has 0 aliphatic carbocycles. The van der Waals surface area contributed by atoms with Crippen molar-refractivity contribution in [3.8, 4) is 0 Å². The Balaban J connectivity index is 1.86. The second-order valence-electron chi connectivity index (χ2n) is 4.92. The fourth-order valence-corrected chi connectivity index (χ4v) is 2.31. The number of nitrogens with one attached hydrogen (secondary N) is 2. The number of anilines is 1. The van der Waals surface area contributed by atoms with E-state index in [0.717, 1.165) is 37.8 Å². The zero-order valence-electron chi connectivity index (χ0n) is 11.6. The lowest BCUT2D eigenvalue weighted by molar-refractivity contribution is 0.0698. The Kier molecular flexibility index (Phi) is 5.10. The monoisotopic (exact) mass is 295 g/mol. The van der Waals surface area contributed by atoms with Gasteiger partial charge in [0, 0.05) is 13.1 Å². The van der Waals surface area contributed by atoms with Crippen LogP contribution < -0.4 is 10.6 Å². The molecular weight excluding hydrogens is 277 g/mol. The molecule has 1 aromatic rings. The summed E-state index contributed by atoms with van der Waals surface area (Å²) in [5.41, 5.74) is -0.202. The van der Waals surface area contributed by atoms with Crippen LogP contribution in [0.15, 0.2) is 18.2 Å². The highest BCUT2D eigenvalue weighted by molar-refractivity contribution is 5.99. The van der Waals surface area contributed by atoms with Gasteiger partial charge in [-0.15, -0.1) is 0 Å². The first-order valence-corrected chi connectivity index (χ1v) is 6.86. The Morgan fingerprint density at radius 3 is 2.67 bits per heavy atom. The average molecular weight is 295 g/mol. The van der Waals surface area contributed by atoms with E-state index in [1.54, 1.807) is 0 Å². The van der Waals surface area contributed by atoms with Crippen LogP contribution in [0.5, 0.6) is 0 Å². The third kappa shape index (κ3) is 4.42. The van der Waals surface area contributed by atoms with Crippen LogP contribution in [0.3, 0.4) is 0 Å². The number of hydrogen-bond acceptors (Lipinski definition) is 3. The topological polar surface area (TPSA) is 81.7 Å². The highest BCUT2D eigenvalue weighted by Gasteiger charge is 2.14. The van der Waals surface area contributed by atoms with Crippen molar-refractivity contribution in [2.75, 3.05) is 31.5 Å². The number of hydrogen-bond donors (Lipinski definition) is 3. The summed E-state index contributed by atoms with van der Waals surface area (Å²) < 4.78 is 13.1. The number of carbonyl (C=O) groups excluding carboxylic acids is 1. The zero-order chi connectivity index (χ0) is 15.2. The molecule has 7 heteroatoms. The van der Waals surface area contributed by atoms with Crippen molar-refractivity contribution in [2.45, 2.75) is 12.8 Å². The van der Waals surface area contributed by atoms with Gasteiger partial charge in [0.1, 0.15) is 5.82 Å². The van der Waals surface area contributed by atoms with Gasteiger partial charge in [-0.1, -0.05) is 0 Å². The molecule has 1 aliphatic rings. The minimum absolute atomic E-state index is 0.0545. The van der Waals surface area contributed by atoms with Gasteiger partial charge in [0.15, 0.2) is 0 Å². The van der Waals surface area contributed by atoms with Crippen LogP contribution in [0.25, 0.3) is 0 Å². The number of carbonyl (C=O) groups is 2. The molecule has 0 radical (unpaired) electrons. The first kappa shape index (κ1) is 15.2. The second-order valence-corrected chi connectivity index (χ2v) is 4.92. The molecule has 1 aromatic carbocycles. The lowest BCUT2D eigenvalue weighted by Gasteiger charge is -2.15. The van der Waals surface area contributed by atoms with Gasteiger partial charge in [0.05, 0.1) is 11.3 Å². The highest BCUT2D eigenvalue weighted by atomic mass is 19.1. The van der Waals surface area contributed by atoms with Crippen molar-refractivity contribution in [1.82, 2.24) is 10.2 Å². The zero-order valence-corrected chi connectivity index (χ0v) is 11.6. The fraction of sp³-hybridized carbons (Fsp3) is 0.429. The van der Waals surface area contributed by atoms with E-state index in [0.29, 0.717) is 6.54 Å². The van der Waals surface area contributed by atoms with E-state index in [1.165, 1.54) is 12.8 Å². The second kappa shape index (κ2) is 7.03. The molecule has 0 saturated carbocycles. The third-order valence-electron chi connectivity index (χ3n) is 3.37. The molecule has 114 valence electrons. The van der Waals surface area contributed by atoms with Crippen LogP contribution in [-0.2, 0) is 0 Å². The maximum Gasteiger partial charge on any atom is 0.337 e. The molecule has 0 aromatic heterocycles. The van der Waals surface area contributed by atoms with E-state index in [9.17, 15) is 14.0 Å². The van der Waals surface area contributed by atoms with Crippen molar-refractivity contribution >= 4 is 17.7 Å². The van der Waals surface area contributed by atoms with Crippen LogP contribution >= 0.6 is 0 Å². The van der Waals surface area contributed by atoms with Crippen LogP contribution in [0.2, 0.25) is 0 Å². The molecule has 1 fully saturated rings. The molecule has 0 unspecified atom stereocenters. The molecular formula is C14H18FN3O3. The standard InChI is InChI=1S/C14H18FN3O3/c15-10-3-4-11(13(19)20)12(9-10)17-14(21)16-5-8-18-6-1-2-7-18/h3-4,9H,1-2,5-8H2,(H,19,20)(H2,16,17,21). The summed E-state index contributed by atoms with van der Waals surface area (Å²) in [5, 5.41) is 14.0.